The Bertz CT molecular complexity index is 637. The van der Waals surface area contributed by atoms with Crippen LogP contribution < -0.4 is 5.32 Å². The summed E-state index contributed by atoms with van der Waals surface area (Å²) in [5.74, 6) is -1.60. The fraction of sp³-hybridized carbons (Fsp3) is 0.308. The Balaban J connectivity index is 1.98. The summed E-state index contributed by atoms with van der Waals surface area (Å²) in [5, 5.41) is 25.0. The van der Waals surface area contributed by atoms with E-state index in [1.54, 1.807) is 18.3 Å². The Morgan fingerprint density at radius 2 is 2.24 bits per heavy atom. The number of rotatable bonds is 6. The highest BCUT2D eigenvalue weighted by Gasteiger charge is 2.17. The predicted molar refractivity (Wildman–Crippen MR) is 80.8 cm³/mol. The first-order valence-electron chi connectivity index (χ1n) is 6.18. The van der Waals surface area contributed by atoms with Crippen molar-refractivity contribution in [2.24, 2.45) is 0 Å². The molecule has 112 valence electrons. The minimum atomic E-state index is -1.46. The maximum Gasteiger partial charge on any atom is 0.332 e. The Morgan fingerprint density at radius 1 is 1.48 bits per heavy atom. The lowest BCUT2D eigenvalue weighted by molar-refractivity contribution is -0.146. The van der Waals surface area contributed by atoms with Crippen LogP contribution >= 0.6 is 22.7 Å². The van der Waals surface area contributed by atoms with E-state index in [4.69, 9.17) is 10.2 Å². The van der Waals surface area contributed by atoms with Crippen LogP contribution in [-0.2, 0) is 4.79 Å². The van der Waals surface area contributed by atoms with Gasteiger partial charge < -0.3 is 15.5 Å². The van der Waals surface area contributed by atoms with Crippen LogP contribution in [0.25, 0.3) is 10.6 Å². The van der Waals surface area contributed by atoms with Crippen molar-refractivity contribution in [1.82, 2.24) is 10.3 Å². The lowest BCUT2D eigenvalue weighted by atomic mass is 10.2. The number of aromatic nitrogens is 1. The molecule has 0 aliphatic carbocycles. The summed E-state index contributed by atoms with van der Waals surface area (Å²) in [5.41, 5.74) is 1.62. The minimum Gasteiger partial charge on any atom is -0.479 e. The molecule has 0 saturated carbocycles. The molecule has 3 N–H and O–H groups in total. The number of aliphatic hydroxyl groups excluding tert-OH is 1. The van der Waals surface area contributed by atoms with Crippen LogP contribution in [0.4, 0.5) is 0 Å². The second-order valence-corrected chi connectivity index (χ2v) is 6.12. The van der Waals surface area contributed by atoms with E-state index >= 15 is 0 Å². The van der Waals surface area contributed by atoms with Gasteiger partial charge in [0.15, 0.2) is 6.10 Å². The number of nitrogens with zero attached hydrogens (tertiary/aromatic N) is 1. The molecule has 0 aromatic carbocycles. The maximum absolute atomic E-state index is 12.0. The van der Waals surface area contributed by atoms with Crippen LogP contribution in [0.5, 0.6) is 0 Å². The summed E-state index contributed by atoms with van der Waals surface area (Å²) in [6.45, 7) is 1.85. The summed E-state index contributed by atoms with van der Waals surface area (Å²) in [6, 6.07) is 1.94. The molecular weight excluding hydrogens is 312 g/mol. The topological polar surface area (TPSA) is 99.5 Å². The van der Waals surface area contributed by atoms with Crippen molar-refractivity contribution in [1.29, 1.82) is 0 Å². The molecule has 2 aromatic heterocycles. The molecule has 2 heterocycles. The number of nitrogens with one attached hydrogen (secondary N) is 1. The molecular formula is C13H14N2O4S2. The number of hydrogen-bond donors (Lipinski definition) is 3. The van der Waals surface area contributed by atoms with Crippen molar-refractivity contribution >= 4 is 34.6 Å². The highest BCUT2D eigenvalue weighted by atomic mass is 32.1. The SMILES string of the molecule is Cc1nc(-c2ccsc2)sc1C(=O)NCCC(O)C(=O)O. The third-order valence-corrected chi connectivity index (χ3v) is 4.65. The van der Waals surface area contributed by atoms with E-state index in [0.717, 1.165) is 10.6 Å². The zero-order valence-corrected chi connectivity index (χ0v) is 12.8. The molecule has 1 amide bonds. The number of thiophene rings is 1. The smallest absolute Gasteiger partial charge is 0.332 e. The molecule has 0 saturated heterocycles. The molecule has 0 bridgehead atoms. The van der Waals surface area contributed by atoms with Gasteiger partial charge in [0.05, 0.1) is 5.69 Å². The molecule has 1 atom stereocenters. The van der Waals surface area contributed by atoms with E-state index < -0.39 is 12.1 Å². The summed E-state index contributed by atoms with van der Waals surface area (Å²) in [6.07, 6.45) is -1.50. The van der Waals surface area contributed by atoms with Crippen LogP contribution in [0, 0.1) is 6.92 Å². The predicted octanol–water partition coefficient (Wildman–Crippen LogP) is 1.75. The van der Waals surface area contributed by atoms with Crippen LogP contribution in [0.15, 0.2) is 16.8 Å². The quantitative estimate of drug-likeness (QED) is 0.751. The summed E-state index contributed by atoms with van der Waals surface area (Å²) in [4.78, 5) is 27.4. The molecule has 0 spiro atoms. The Kier molecular flexibility index (Phi) is 5.05. The van der Waals surface area contributed by atoms with Gasteiger partial charge in [0.2, 0.25) is 0 Å². The zero-order chi connectivity index (χ0) is 15.4. The Hall–Kier alpha value is -1.77. The molecule has 21 heavy (non-hydrogen) atoms. The van der Waals surface area contributed by atoms with Gasteiger partial charge in [0.1, 0.15) is 9.88 Å². The number of hydrogen-bond acceptors (Lipinski definition) is 6. The van der Waals surface area contributed by atoms with Crippen molar-refractivity contribution in [2.45, 2.75) is 19.4 Å². The monoisotopic (exact) mass is 326 g/mol. The van der Waals surface area contributed by atoms with Gasteiger partial charge in [0, 0.05) is 23.9 Å². The number of carbonyl (C=O) groups is 2. The first-order valence-corrected chi connectivity index (χ1v) is 7.94. The van der Waals surface area contributed by atoms with Gasteiger partial charge >= 0.3 is 5.97 Å². The second kappa shape index (κ2) is 6.79. The Morgan fingerprint density at radius 3 is 2.86 bits per heavy atom. The Labute approximate surface area is 129 Å². The van der Waals surface area contributed by atoms with Crippen LogP contribution in [-0.4, -0.2) is 39.7 Å². The first-order chi connectivity index (χ1) is 9.99. The van der Waals surface area contributed by atoms with Gasteiger partial charge in [-0.1, -0.05) is 0 Å². The van der Waals surface area contributed by atoms with Crippen molar-refractivity contribution in [2.75, 3.05) is 6.54 Å². The fourth-order valence-corrected chi connectivity index (χ4v) is 3.34. The average molecular weight is 326 g/mol. The van der Waals surface area contributed by atoms with E-state index in [2.05, 4.69) is 10.3 Å². The van der Waals surface area contributed by atoms with Crippen LogP contribution in [0.2, 0.25) is 0 Å². The highest BCUT2D eigenvalue weighted by molar-refractivity contribution is 7.17. The molecule has 0 aliphatic heterocycles. The third-order valence-electron chi connectivity index (χ3n) is 2.76. The zero-order valence-electron chi connectivity index (χ0n) is 11.2. The average Bonchev–Trinajstić information content (AvgIpc) is 3.07. The fourth-order valence-electron chi connectivity index (χ4n) is 1.64. The van der Waals surface area contributed by atoms with Gasteiger partial charge in [-0.05, 0) is 18.4 Å². The van der Waals surface area contributed by atoms with E-state index in [1.165, 1.54) is 11.3 Å². The van der Waals surface area contributed by atoms with Crippen LogP contribution in [0.3, 0.4) is 0 Å². The molecule has 2 rings (SSSR count). The molecule has 2 aromatic rings. The van der Waals surface area contributed by atoms with Gasteiger partial charge in [-0.25, -0.2) is 9.78 Å². The number of aryl methyl sites for hydroxylation is 1. The van der Waals surface area contributed by atoms with Crippen molar-refractivity contribution in [3.8, 4) is 10.6 Å². The highest BCUT2D eigenvalue weighted by Crippen LogP contribution is 2.29. The minimum absolute atomic E-state index is 0.0314. The largest absolute Gasteiger partial charge is 0.479 e. The van der Waals surface area contributed by atoms with Gasteiger partial charge in [-0.3, -0.25) is 4.79 Å². The normalized spacial score (nSPS) is 12.1. The lowest BCUT2D eigenvalue weighted by Gasteiger charge is -2.06. The van der Waals surface area contributed by atoms with Crippen molar-refractivity contribution < 1.29 is 19.8 Å². The van der Waals surface area contributed by atoms with Crippen molar-refractivity contribution in [3.05, 3.63) is 27.4 Å². The number of aliphatic hydroxyl groups is 1. The summed E-state index contributed by atoms with van der Waals surface area (Å²) in [7, 11) is 0. The standard InChI is InChI=1S/C13H14N2O4S2/c1-7-10(11(17)14-4-2-9(16)13(18)19)21-12(15-7)8-3-5-20-6-8/h3,5-6,9,16H,2,4H2,1H3,(H,14,17)(H,18,19). The van der Waals surface area contributed by atoms with Crippen molar-refractivity contribution in [3.63, 3.8) is 0 Å². The van der Waals surface area contributed by atoms with E-state index in [9.17, 15) is 9.59 Å². The number of carboxylic acids is 1. The van der Waals surface area contributed by atoms with E-state index in [1.807, 2.05) is 16.8 Å². The molecule has 8 heteroatoms. The van der Waals surface area contributed by atoms with Gasteiger partial charge in [0.25, 0.3) is 5.91 Å². The summed E-state index contributed by atoms with van der Waals surface area (Å²) < 4.78 is 0. The third kappa shape index (κ3) is 3.87. The molecule has 0 radical (unpaired) electrons. The second-order valence-electron chi connectivity index (χ2n) is 4.34. The maximum atomic E-state index is 12.0. The molecule has 1 unspecified atom stereocenters. The number of aliphatic carboxylic acids is 1. The van der Waals surface area contributed by atoms with Gasteiger partial charge in [-0.15, -0.1) is 11.3 Å². The number of amides is 1. The molecule has 6 nitrogen and oxygen atoms in total. The van der Waals surface area contributed by atoms with Gasteiger partial charge in [-0.2, -0.15) is 11.3 Å². The lowest BCUT2D eigenvalue weighted by Crippen LogP contribution is -2.29. The molecule has 0 fully saturated rings. The van der Waals surface area contributed by atoms with E-state index in [-0.39, 0.29) is 18.9 Å². The number of carbonyl (C=O) groups excluding carboxylic acids is 1. The van der Waals surface area contributed by atoms with Crippen LogP contribution in [0.1, 0.15) is 21.8 Å². The number of thiazole rings is 1. The molecule has 0 aliphatic rings. The first kappa shape index (κ1) is 15.6. The summed E-state index contributed by atoms with van der Waals surface area (Å²) >= 11 is 2.86. The number of carboxylic acid groups (broad SMARTS) is 1. The van der Waals surface area contributed by atoms with E-state index in [0.29, 0.717) is 10.6 Å².